The summed E-state index contributed by atoms with van der Waals surface area (Å²) in [5.74, 6) is 0. The molecule has 2 rings (SSSR count). The van der Waals surface area contributed by atoms with Gasteiger partial charge in [0.15, 0.2) is 6.23 Å². The van der Waals surface area contributed by atoms with E-state index in [2.05, 4.69) is 4.98 Å². The van der Waals surface area contributed by atoms with E-state index in [4.69, 9.17) is 14.2 Å². The van der Waals surface area contributed by atoms with Gasteiger partial charge in [-0.3, -0.25) is 14.3 Å². The lowest BCUT2D eigenvalue weighted by atomic mass is 10.1. The number of aromatic amines is 1. The van der Waals surface area contributed by atoms with E-state index in [1.807, 2.05) is 13.8 Å². The van der Waals surface area contributed by atoms with E-state index in [1.54, 1.807) is 14.0 Å². The first kappa shape index (κ1) is 17.9. The van der Waals surface area contributed by atoms with Crippen molar-refractivity contribution in [1.29, 1.82) is 0 Å². The maximum absolute atomic E-state index is 12.1. The molecule has 0 saturated carbocycles. The zero-order valence-corrected chi connectivity index (χ0v) is 13.8. The fourth-order valence-electron chi connectivity index (χ4n) is 2.74. The van der Waals surface area contributed by atoms with Crippen LogP contribution in [0.1, 0.15) is 32.1 Å². The summed E-state index contributed by atoms with van der Waals surface area (Å²) < 4.78 is 17.9. The SMILES string of the molecule is CC[C@H]1O[C@@H](n2cc(C)c(=O)[nH]c2=O)[C@@H](OC(C)COC)C1O. The summed E-state index contributed by atoms with van der Waals surface area (Å²) in [4.78, 5) is 25.9. The van der Waals surface area contributed by atoms with Crippen LogP contribution in [0.5, 0.6) is 0 Å². The van der Waals surface area contributed by atoms with E-state index in [0.717, 1.165) is 0 Å². The summed E-state index contributed by atoms with van der Waals surface area (Å²) in [6.07, 6.45) is -1.13. The van der Waals surface area contributed by atoms with Gasteiger partial charge < -0.3 is 19.3 Å². The second kappa shape index (κ2) is 7.39. The second-order valence-corrected chi connectivity index (χ2v) is 5.81. The van der Waals surface area contributed by atoms with Crippen molar-refractivity contribution in [2.45, 2.75) is 57.8 Å². The molecule has 1 aliphatic rings. The Hall–Kier alpha value is -1.48. The fourth-order valence-corrected chi connectivity index (χ4v) is 2.74. The average molecular weight is 328 g/mol. The van der Waals surface area contributed by atoms with Crippen LogP contribution >= 0.6 is 0 Å². The lowest BCUT2D eigenvalue weighted by molar-refractivity contribution is -0.111. The molecule has 8 heteroatoms. The van der Waals surface area contributed by atoms with Gasteiger partial charge in [0.1, 0.15) is 12.2 Å². The summed E-state index contributed by atoms with van der Waals surface area (Å²) in [5, 5.41) is 10.4. The normalized spacial score (nSPS) is 28.9. The lowest BCUT2D eigenvalue weighted by Gasteiger charge is -2.25. The molecule has 1 aliphatic heterocycles. The maximum atomic E-state index is 12.1. The Morgan fingerprint density at radius 1 is 1.48 bits per heavy atom. The van der Waals surface area contributed by atoms with Crippen molar-refractivity contribution in [3.63, 3.8) is 0 Å². The minimum Gasteiger partial charge on any atom is -0.388 e. The zero-order valence-electron chi connectivity index (χ0n) is 13.8. The molecular weight excluding hydrogens is 304 g/mol. The van der Waals surface area contributed by atoms with Crippen LogP contribution in [-0.4, -0.2) is 52.8 Å². The number of methoxy groups -OCH3 is 1. The van der Waals surface area contributed by atoms with Crippen LogP contribution in [0.15, 0.2) is 15.8 Å². The summed E-state index contributed by atoms with van der Waals surface area (Å²) >= 11 is 0. The number of aliphatic hydroxyl groups excluding tert-OH is 1. The Kier molecular flexibility index (Phi) is 5.74. The van der Waals surface area contributed by atoms with Gasteiger partial charge in [-0.1, -0.05) is 6.92 Å². The summed E-state index contributed by atoms with van der Waals surface area (Å²) in [6, 6.07) is 0. The number of H-pyrrole nitrogens is 1. The van der Waals surface area contributed by atoms with Crippen LogP contribution in [0.25, 0.3) is 0 Å². The van der Waals surface area contributed by atoms with Crippen molar-refractivity contribution < 1.29 is 19.3 Å². The van der Waals surface area contributed by atoms with Gasteiger partial charge in [0.05, 0.1) is 18.8 Å². The highest BCUT2D eigenvalue weighted by atomic mass is 16.6. The molecule has 0 bridgehead atoms. The average Bonchev–Trinajstić information content (AvgIpc) is 2.80. The van der Waals surface area contributed by atoms with Gasteiger partial charge in [-0.25, -0.2) is 4.79 Å². The molecule has 2 N–H and O–H groups in total. The summed E-state index contributed by atoms with van der Waals surface area (Å²) in [5.41, 5.74) is -0.657. The van der Waals surface area contributed by atoms with Crippen molar-refractivity contribution in [2.24, 2.45) is 0 Å². The van der Waals surface area contributed by atoms with E-state index in [1.165, 1.54) is 10.8 Å². The van der Waals surface area contributed by atoms with Gasteiger partial charge in [-0.05, 0) is 20.3 Å². The minimum atomic E-state index is -0.872. The Balaban J connectivity index is 2.35. The van der Waals surface area contributed by atoms with Crippen LogP contribution in [0.2, 0.25) is 0 Å². The van der Waals surface area contributed by atoms with Crippen molar-refractivity contribution >= 4 is 0 Å². The first-order chi connectivity index (χ1) is 10.9. The number of rotatable bonds is 6. The standard InChI is InChI=1S/C15H24N2O6/c1-5-10-11(18)12(22-9(3)7-21-4)14(23-10)17-6-8(2)13(19)16-15(17)20/h6,9-12,14,18H,5,7H2,1-4H3,(H,16,19,20)/t9?,10-,11?,12+,14-/m1/s1. The first-order valence-electron chi connectivity index (χ1n) is 7.69. The predicted molar refractivity (Wildman–Crippen MR) is 82.5 cm³/mol. The second-order valence-electron chi connectivity index (χ2n) is 5.81. The fraction of sp³-hybridized carbons (Fsp3) is 0.733. The van der Waals surface area contributed by atoms with Crippen molar-refractivity contribution in [1.82, 2.24) is 9.55 Å². The molecule has 0 amide bonds. The molecule has 2 unspecified atom stereocenters. The van der Waals surface area contributed by atoms with E-state index in [0.29, 0.717) is 18.6 Å². The number of ether oxygens (including phenoxy) is 3. The molecule has 1 saturated heterocycles. The first-order valence-corrected chi connectivity index (χ1v) is 7.69. The van der Waals surface area contributed by atoms with Crippen molar-refractivity contribution in [2.75, 3.05) is 13.7 Å². The largest absolute Gasteiger partial charge is 0.388 e. The highest BCUT2D eigenvalue weighted by Crippen LogP contribution is 2.33. The van der Waals surface area contributed by atoms with E-state index >= 15 is 0 Å². The van der Waals surface area contributed by atoms with Crippen LogP contribution in [-0.2, 0) is 14.2 Å². The van der Waals surface area contributed by atoms with Crippen LogP contribution in [0.3, 0.4) is 0 Å². The van der Waals surface area contributed by atoms with Crippen LogP contribution in [0.4, 0.5) is 0 Å². The molecule has 23 heavy (non-hydrogen) atoms. The third-order valence-corrected chi connectivity index (χ3v) is 3.93. The van der Waals surface area contributed by atoms with Gasteiger partial charge in [0.25, 0.3) is 5.56 Å². The number of hydrogen-bond donors (Lipinski definition) is 2. The maximum Gasteiger partial charge on any atom is 0.330 e. The predicted octanol–water partition coefficient (Wildman–Crippen LogP) is -0.0666. The number of nitrogens with one attached hydrogen (secondary N) is 1. The molecule has 2 heterocycles. The minimum absolute atomic E-state index is 0.277. The van der Waals surface area contributed by atoms with Gasteiger partial charge in [-0.15, -0.1) is 0 Å². The lowest BCUT2D eigenvalue weighted by Crippen LogP contribution is -2.41. The third-order valence-electron chi connectivity index (χ3n) is 3.93. The third kappa shape index (κ3) is 3.72. The highest BCUT2D eigenvalue weighted by Gasteiger charge is 2.45. The molecule has 0 radical (unpaired) electrons. The number of aryl methyl sites for hydroxylation is 1. The molecule has 8 nitrogen and oxygen atoms in total. The Bertz CT molecular complexity index is 640. The molecule has 1 aromatic heterocycles. The molecule has 5 atom stereocenters. The van der Waals surface area contributed by atoms with Crippen LogP contribution in [0, 0.1) is 6.92 Å². The van der Waals surface area contributed by atoms with Gasteiger partial charge in [0, 0.05) is 18.9 Å². The quantitative estimate of drug-likeness (QED) is 0.758. The Morgan fingerprint density at radius 3 is 2.78 bits per heavy atom. The number of nitrogens with zero attached hydrogens (tertiary/aromatic N) is 1. The van der Waals surface area contributed by atoms with Gasteiger partial charge in [-0.2, -0.15) is 0 Å². The van der Waals surface area contributed by atoms with Crippen LogP contribution < -0.4 is 11.2 Å². The van der Waals surface area contributed by atoms with Gasteiger partial charge in [0.2, 0.25) is 0 Å². The topological polar surface area (TPSA) is 103 Å². The van der Waals surface area contributed by atoms with Gasteiger partial charge >= 0.3 is 5.69 Å². The smallest absolute Gasteiger partial charge is 0.330 e. The van der Waals surface area contributed by atoms with E-state index in [-0.39, 0.29) is 6.10 Å². The molecule has 0 aromatic carbocycles. The Labute approximate surface area is 134 Å². The summed E-state index contributed by atoms with van der Waals surface area (Å²) in [6.45, 7) is 5.65. The summed E-state index contributed by atoms with van der Waals surface area (Å²) in [7, 11) is 1.56. The Morgan fingerprint density at radius 2 is 2.17 bits per heavy atom. The number of aromatic nitrogens is 2. The van der Waals surface area contributed by atoms with E-state index < -0.39 is 35.8 Å². The molecule has 0 aliphatic carbocycles. The van der Waals surface area contributed by atoms with Crippen molar-refractivity contribution in [3.8, 4) is 0 Å². The molecule has 1 aromatic rings. The zero-order chi connectivity index (χ0) is 17.1. The molecule has 0 spiro atoms. The van der Waals surface area contributed by atoms with E-state index in [9.17, 15) is 14.7 Å². The molecule has 130 valence electrons. The monoisotopic (exact) mass is 328 g/mol. The van der Waals surface area contributed by atoms with Crippen molar-refractivity contribution in [3.05, 3.63) is 32.6 Å². The number of aliphatic hydroxyl groups is 1. The highest BCUT2D eigenvalue weighted by molar-refractivity contribution is 5.03. The molecule has 1 fully saturated rings. The number of hydrogen-bond acceptors (Lipinski definition) is 6. The molecular formula is C15H24N2O6.